The fourth-order valence-corrected chi connectivity index (χ4v) is 3.73. The largest absolute Gasteiger partial charge is 0.469 e. The van der Waals surface area contributed by atoms with Crippen LogP contribution < -0.4 is 5.32 Å². The molecule has 0 aliphatic carbocycles. The summed E-state index contributed by atoms with van der Waals surface area (Å²) in [4.78, 5) is 7.15. The summed E-state index contributed by atoms with van der Waals surface area (Å²) in [6.07, 6.45) is 4.42. The predicted octanol–water partition coefficient (Wildman–Crippen LogP) is 3.65. The SMILES string of the molecule is C=CCNC(=NCCc1ccco1)N1CCSC(C(C)C)C1.I. The number of furan rings is 1. The predicted molar refractivity (Wildman–Crippen MR) is 111 cm³/mol. The summed E-state index contributed by atoms with van der Waals surface area (Å²) in [5.41, 5.74) is 0. The van der Waals surface area contributed by atoms with Crippen LogP contribution >= 0.6 is 35.7 Å². The van der Waals surface area contributed by atoms with Crippen molar-refractivity contribution in [2.24, 2.45) is 10.9 Å². The summed E-state index contributed by atoms with van der Waals surface area (Å²) < 4.78 is 5.37. The van der Waals surface area contributed by atoms with Crippen LogP contribution in [0.3, 0.4) is 0 Å². The summed E-state index contributed by atoms with van der Waals surface area (Å²) in [5.74, 6) is 3.84. The lowest BCUT2D eigenvalue weighted by Gasteiger charge is -2.36. The first-order valence-electron chi connectivity index (χ1n) is 7.99. The van der Waals surface area contributed by atoms with Crippen molar-refractivity contribution in [3.8, 4) is 0 Å². The minimum Gasteiger partial charge on any atom is -0.469 e. The molecular formula is C17H28IN3OS. The standard InChI is InChI=1S/C17H27N3OS.HI/c1-4-8-18-17(19-9-7-15-6-5-11-21-15)20-10-12-22-16(13-20)14(2)3;/h4-6,11,14,16H,1,7-10,12-13H2,2-3H3,(H,18,19);1H. The number of nitrogens with one attached hydrogen (secondary N) is 1. The fraction of sp³-hybridized carbons (Fsp3) is 0.588. The molecule has 0 radical (unpaired) electrons. The zero-order chi connectivity index (χ0) is 15.8. The lowest BCUT2D eigenvalue weighted by molar-refractivity contribution is 0.381. The lowest BCUT2D eigenvalue weighted by Crippen LogP contribution is -2.49. The molecule has 1 unspecified atom stereocenters. The summed E-state index contributed by atoms with van der Waals surface area (Å²) in [6.45, 7) is 12.0. The van der Waals surface area contributed by atoms with Crippen molar-refractivity contribution in [2.75, 3.05) is 31.9 Å². The molecule has 0 amide bonds. The van der Waals surface area contributed by atoms with Gasteiger partial charge in [0.25, 0.3) is 0 Å². The van der Waals surface area contributed by atoms with Crippen LogP contribution in [0.15, 0.2) is 40.5 Å². The normalized spacial score (nSPS) is 18.7. The van der Waals surface area contributed by atoms with Gasteiger partial charge in [0.05, 0.1) is 6.26 Å². The van der Waals surface area contributed by atoms with Gasteiger partial charge < -0.3 is 14.6 Å². The third-order valence-electron chi connectivity index (χ3n) is 3.74. The highest BCUT2D eigenvalue weighted by Gasteiger charge is 2.24. The van der Waals surface area contributed by atoms with Gasteiger partial charge in [0, 0.05) is 43.6 Å². The molecular weight excluding hydrogens is 421 g/mol. The van der Waals surface area contributed by atoms with Gasteiger partial charge >= 0.3 is 0 Å². The van der Waals surface area contributed by atoms with E-state index in [-0.39, 0.29) is 24.0 Å². The molecule has 1 aliphatic rings. The van der Waals surface area contributed by atoms with E-state index in [1.54, 1.807) is 6.26 Å². The third kappa shape index (κ3) is 6.79. The summed E-state index contributed by atoms with van der Waals surface area (Å²) >= 11 is 2.08. The molecule has 1 saturated heterocycles. The maximum absolute atomic E-state index is 5.37. The van der Waals surface area contributed by atoms with Crippen LogP contribution in [0.2, 0.25) is 0 Å². The highest BCUT2D eigenvalue weighted by Crippen LogP contribution is 2.24. The molecule has 130 valence electrons. The van der Waals surface area contributed by atoms with Gasteiger partial charge in [-0.05, 0) is 18.1 Å². The highest BCUT2D eigenvalue weighted by molar-refractivity contribution is 14.0. The molecule has 2 rings (SSSR count). The van der Waals surface area contributed by atoms with Crippen molar-refractivity contribution >= 4 is 41.7 Å². The minimum absolute atomic E-state index is 0. The van der Waals surface area contributed by atoms with Crippen molar-refractivity contribution in [3.05, 3.63) is 36.8 Å². The van der Waals surface area contributed by atoms with Gasteiger partial charge in [0.15, 0.2) is 5.96 Å². The zero-order valence-electron chi connectivity index (χ0n) is 14.0. The first-order chi connectivity index (χ1) is 10.7. The van der Waals surface area contributed by atoms with E-state index >= 15 is 0 Å². The van der Waals surface area contributed by atoms with Gasteiger partial charge in [0.2, 0.25) is 0 Å². The van der Waals surface area contributed by atoms with E-state index in [9.17, 15) is 0 Å². The molecule has 6 heteroatoms. The Morgan fingerprint density at radius 3 is 3.09 bits per heavy atom. The number of thioether (sulfide) groups is 1. The van der Waals surface area contributed by atoms with Crippen molar-refractivity contribution < 1.29 is 4.42 Å². The Labute approximate surface area is 161 Å². The molecule has 1 fully saturated rings. The number of hydrogen-bond donors (Lipinski definition) is 1. The number of hydrogen-bond acceptors (Lipinski definition) is 3. The van der Waals surface area contributed by atoms with Crippen LogP contribution in [-0.4, -0.2) is 48.0 Å². The van der Waals surface area contributed by atoms with Crippen LogP contribution in [0.1, 0.15) is 19.6 Å². The Morgan fingerprint density at radius 2 is 2.43 bits per heavy atom. The Kier molecular flexibility index (Phi) is 9.78. The molecule has 1 atom stereocenters. The number of aliphatic imine (C=N–C) groups is 1. The van der Waals surface area contributed by atoms with Crippen LogP contribution in [0.5, 0.6) is 0 Å². The van der Waals surface area contributed by atoms with Gasteiger partial charge in [-0.2, -0.15) is 11.8 Å². The molecule has 23 heavy (non-hydrogen) atoms. The summed E-state index contributed by atoms with van der Waals surface area (Å²) in [6, 6.07) is 3.92. The lowest BCUT2D eigenvalue weighted by atomic mass is 10.1. The van der Waals surface area contributed by atoms with E-state index in [0.29, 0.717) is 11.2 Å². The highest BCUT2D eigenvalue weighted by atomic mass is 127. The molecule has 1 aliphatic heterocycles. The van der Waals surface area contributed by atoms with Crippen LogP contribution in [0, 0.1) is 5.92 Å². The Balaban J connectivity index is 0.00000264. The van der Waals surface area contributed by atoms with Crippen LogP contribution in [0.4, 0.5) is 0 Å². The second-order valence-corrected chi connectivity index (χ2v) is 7.15. The average Bonchev–Trinajstić information content (AvgIpc) is 3.04. The fourth-order valence-electron chi connectivity index (χ4n) is 2.43. The van der Waals surface area contributed by atoms with Gasteiger partial charge in [-0.3, -0.25) is 4.99 Å². The summed E-state index contributed by atoms with van der Waals surface area (Å²) in [7, 11) is 0. The van der Waals surface area contributed by atoms with Crippen molar-refractivity contribution in [1.29, 1.82) is 0 Å². The molecule has 0 aromatic carbocycles. The monoisotopic (exact) mass is 449 g/mol. The summed E-state index contributed by atoms with van der Waals surface area (Å²) in [5, 5.41) is 4.07. The van der Waals surface area contributed by atoms with Gasteiger partial charge in [-0.1, -0.05) is 19.9 Å². The maximum Gasteiger partial charge on any atom is 0.194 e. The smallest absolute Gasteiger partial charge is 0.194 e. The van der Waals surface area contributed by atoms with Gasteiger partial charge in [0.1, 0.15) is 5.76 Å². The number of nitrogens with zero attached hydrogens (tertiary/aromatic N) is 2. The molecule has 4 nitrogen and oxygen atoms in total. The molecule has 1 aromatic rings. The first kappa shape index (κ1) is 20.4. The molecule has 0 bridgehead atoms. The minimum atomic E-state index is 0. The van der Waals surface area contributed by atoms with Gasteiger partial charge in [-0.25, -0.2) is 0 Å². The second-order valence-electron chi connectivity index (χ2n) is 5.80. The van der Waals surface area contributed by atoms with Crippen LogP contribution in [-0.2, 0) is 6.42 Å². The van der Waals surface area contributed by atoms with Crippen molar-refractivity contribution in [1.82, 2.24) is 10.2 Å². The number of rotatable bonds is 6. The molecule has 1 N–H and O–H groups in total. The van der Waals surface area contributed by atoms with E-state index in [1.165, 1.54) is 0 Å². The maximum atomic E-state index is 5.37. The van der Waals surface area contributed by atoms with Crippen molar-refractivity contribution in [3.63, 3.8) is 0 Å². The van der Waals surface area contributed by atoms with E-state index in [2.05, 4.69) is 42.4 Å². The Hall–Kier alpha value is -0.630. The number of guanidine groups is 1. The third-order valence-corrected chi connectivity index (χ3v) is 5.28. The topological polar surface area (TPSA) is 40.8 Å². The average molecular weight is 449 g/mol. The van der Waals surface area contributed by atoms with Crippen LogP contribution in [0.25, 0.3) is 0 Å². The molecule has 0 spiro atoms. The van der Waals surface area contributed by atoms with Crippen molar-refractivity contribution in [2.45, 2.75) is 25.5 Å². The van der Waals surface area contributed by atoms with E-state index in [4.69, 9.17) is 9.41 Å². The molecule has 2 heterocycles. The Bertz CT molecular complexity index is 476. The van der Waals surface area contributed by atoms with E-state index in [0.717, 1.165) is 50.1 Å². The first-order valence-corrected chi connectivity index (χ1v) is 9.03. The molecule has 1 aromatic heterocycles. The number of halogens is 1. The van der Waals surface area contributed by atoms with E-state index in [1.807, 2.05) is 18.2 Å². The van der Waals surface area contributed by atoms with Gasteiger partial charge in [-0.15, -0.1) is 30.6 Å². The van der Waals surface area contributed by atoms with E-state index < -0.39 is 0 Å². The second kappa shape index (κ2) is 11.0. The molecule has 0 saturated carbocycles. The quantitative estimate of drug-likeness (QED) is 0.312. The zero-order valence-corrected chi connectivity index (χ0v) is 17.2. The Morgan fingerprint density at radius 1 is 1.61 bits per heavy atom.